The van der Waals surface area contributed by atoms with Gasteiger partial charge in [0.05, 0.1) is 0 Å². The lowest BCUT2D eigenvalue weighted by atomic mass is 10.2. The lowest BCUT2D eigenvalue weighted by Crippen LogP contribution is -2.49. The third kappa shape index (κ3) is 6.20. The fraction of sp³-hybridized carbons (Fsp3) is 0.375. The number of nitrogens with two attached hydrogens (primary N) is 1. The van der Waals surface area contributed by atoms with Crippen LogP contribution in [0.15, 0.2) is 41.9 Å². The molecule has 1 saturated heterocycles. The van der Waals surface area contributed by atoms with E-state index < -0.39 is 0 Å². The number of guanidine groups is 1. The van der Waals surface area contributed by atoms with Crippen molar-refractivity contribution in [3.05, 3.63) is 41.9 Å². The summed E-state index contributed by atoms with van der Waals surface area (Å²) in [7, 11) is 0. The smallest absolute Gasteiger partial charge is 0.244 e. The summed E-state index contributed by atoms with van der Waals surface area (Å²) in [4.78, 5) is 20.2. The van der Waals surface area contributed by atoms with Gasteiger partial charge in [-0.2, -0.15) is 0 Å². The average molecular weight is 464 g/mol. The Hall–Kier alpha value is -1.48. The zero-order valence-electron chi connectivity index (χ0n) is 13.4. The van der Waals surface area contributed by atoms with E-state index in [0.717, 1.165) is 23.8 Å². The molecule has 1 aliphatic heterocycles. The number of nitrogens with one attached hydrogen (secondary N) is 1. The summed E-state index contributed by atoms with van der Waals surface area (Å²) < 4.78 is 0. The maximum absolute atomic E-state index is 12.1. The zero-order valence-corrected chi connectivity index (χ0v) is 16.5. The predicted octanol–water partition coefficient (Wildman–Crippen LogP) is 1.70. The van der Waals surface area contributed by atoms with E-state index in [1.54, 1.807) is 6.08 Å². The molecule has 2 rings (SSSR count). The monoisotopic (exact) mass is 463 g/mol. The highest BCUT2D eigenvalue weighted by molar-refractivity contribution is 14.0. The summed E-state index contributed by atoms with van der Waals surface area (Å²) in [6.07, 6.45) is 1.68. The highest BCUT2D eigenvalue weighted by Crippen LogP contribution is 2.19. The molecule has 1 aromatic carbocycles. The quantitative estimate of drug-likeness (QED) is 0.302. The molecule has 0 atom stereocenters. The Kier molecular flexibility index (Phi) is 8.91. The molecule has 1 heterocycles. The molecule has 0 saturated carbocycles. The van der Waals surface area contributed by atoms with Gasteiger partial charge < -0.3 is 20.9 Å². The van der Waals surface area contributed by atoms with E-state index in [1.807, 2.05) is 29.2 Å². The third-order valence-electron chi connectivity index (χ3n) is 3.64. The molecule has 1 fully saturated rings. The van der Waals surface area contributed by atoms with Gasteiger partial charge in [-0.15, -0.1) is 30.6 Å². The molecular formula is C16H23ClIN5O. The van der Waals surface area contributed by atoms with Crippen LogP contribution in [0.3, 0.4) is 0 Å². The van der Waals surface area contributed by atoms with Crippen LogP contribution in [0.4, 0.5) is 5.69 Å². The van der Waals surface area contributed by atoms with Gasteiger partial charge >= 0.3 is 0 Å². The van der Waals surface area contributed by atoms with Crippen molar-refractivity contribution in [1.82, 2.24) is 10.2 Å². The average Bonchev–Trinajstić information content (AvgIpc) is 2.58. The van der Waals surface area contributed by atoms with Crippen LogP contribution in [0.1, 0.15) is 0 Å². The standard InChI is InChI=1S/C16H22ClN5O.HI/c1-2-7-19-16(18)20-12-15(23)22-10-8-21(9-11-22)14-5-3-13(17)4-6-14;/h2-6H,1,7-12H2,(H3,18,19,20);1H. The minimum atomic E-state index is -0.0101. The predicted molar refractivity (Wildman–Crippen MR) is 110 cm³/mol. The van der Waals surface area contributed by atoms with Crippen LogP contribution in [0.5, 0.6) is 0 Å². The van der Waals surface area contributed by atoms with Crippen LogP contribution < -0.4 is 16.0 Å². The molecule has 0 bridgehead atoms. The van der Waals surface area contributed by atoms with Crippen LogP contribution in [0.2, 0.25) is 5.02 Å². The molecule has 132 valence electrons. The van der Waals surface area contributed by atoms with Crippen molar-refractivity contribution in [2.24, 2.45) is 10.7 Å². The molecule has 0 spiro atoms. The van der Waals surface area contributed by atoms with Gasteiger partial charge in [0.1, 0.15) is 6.54 Å². The number of benzene rings is 1. The Morgan fingerprint density at radius 1 is 1.29 bits per heavy atom. The first-order valence-electron chi connectivity index (χ1n) is 7.53. The van der Waals surface area contributed by atoms with E-state index in [9.17, 15) is 4.79 Å². The second kappa shape index (κ2) is 10.4. The lowest BCUT2D eigenvalue weighted by molar-refractivity contribution is -0.129. The molecule has 0 aliphatic carbocycles. The van der Waals surface area contributed by atoms with E-state index in [4.69, 9.17) is 17.3 Å². The fourth-order valence-electron chi connectivity index (χ4n) is 2.35. The molecule has 0 aromatic heterocycles. The SMILES string of the molecule is C=CCNC(N)=NCC(=O)N1CCN(c2ccc(Cl)cc2)CC1.I. The number of anilines is 1. The molecular weight excluding hydrogens is 441 g/mol. The summed E-state index contributed by atoms with van der Waals surface area (Å²) in [6.45, 7) is 7.12. The highest BCUT2D eigenvalue weighted by atomic mass is 127. The first kappa shape index (κ1) is 20.6. The van der Waals surface area contributed by atoms with Crippen molar-refractivity contribution < 1.29 is 4.79 Å². The molecule has 8 heteroatoms. The van der Waals surface area contributed by atoms with E-state index in [-0.39, 0.29) is 42.4 Å². The van der Waals surface area contributed by atoms with Crippen molar-refractivity contribution in [2.45, 2.75) is 0 Å². The normalized spacial score (nSPS) is 14.8. The number of rotatable bonds is 5. The van der Waals surface area contributed by atoms with E-state index in [1.165, 1.54) is 0 Å². The second-order valence-corrected chi connectivity index (χ2v) is 5.65. The summed E-state index contributed by atoms with van der Waals surface area (Å²) in [5, 5.41) is 3.57. The summed E-state index contributed by atoms with van der Waals surface area (Å²) in [6, 6.07) is 7.75. The Bertz CT molecular complexity index is 570. The Labute approximate surface area is 164 Å². The number of carbonyl (C=O) groups is 1. The van der Waals surface area contributed by atoms with Gasteiger partial charge in [0.2, 0.25) is 5.91 Å². The van der Waals surface area contributed by atoms with Crippen molar-refractivity contribution in [3.63, 3.8) is 0 Å². The maximum Gasteiger partial charge on any atom is 0.244 e. The number of nitrogens with zero attached hydrogens (tertiary/aromatic N) is 3. The number of aliphatic imine (C=N–C) groups is 1. The van der Waals surface area contributed by atoms with E-state index in [0.29, 0.717) is 19.6 Å². The summed E-state index contributed by atoms with van der Waals surface area (Å²) >= 11 is 5.90. The molecule has 1 amide bonds. The first-order chi connectivity index (χ1) is 11.1. The van der Waals surface area contributed by atoms with Gasteiger partial charge in [-0.1, -0.05) is 17.7 Å². The third-order valence-corrected chi connectivity index (χ3v) is 3.89. The zero-order chi connectivity index (χ0) is 16.7. The number of piperazine rings is 1. The minimum absolute atomic E-state index is 0. The van der Waals surface area contributed by atoms with Gasteiger partial charge in [0, 0.05) is 43.4 Å². The van der Waals surface area contributed by atoms with Crippen molar-refractivity contribution >= 4 is 53.1 Å². The summed E-state index contributed by atoms with van der Waals surface area (Å²) in [5.41, 5.74) is 6.77. The van der Waals surface area contributed by atoms with E-state index >= 15 is 0 Å². The van der Waals surface area contributed by atoms with Crippen molar-refractivity contribution in [2.75, 3.05) is 44.2 Å². The topological polar surface area (TPSA) is 74.0 Å². The van der Waals surface area contributed by atoms with Gasteiger partial charge in [-0.05, 0) is 24.3 Å². The summed E-state index contributed by atoms with van der Waals surface area (Å²) in [5.74, 6) is 0.252. The maximum atomic E-state index is 12.1. The van der Waals surface area contributed by atoms with Crippen LogP contribution in [0, 0.1) is 0 Å². The van der Waals surface area contributed by atoms with Gasteiger partial charge in [0.25, 0.3) is 0 Å². The fourth-order valence-corrected chi connectivity index (χ4v) is 2.48. The van der Waals surface area contributed by atoms with Crippen molar-refractivity contribution in [3.8, 4) is 0 Å². The molecule has 0 unspecified atom stereocenters. The van der Waals surface area contributed by atoms with Crippen LogP contribution in [-0.4, -0.2) is 56.0 Å². The van der Waals surface area contributed by atoms with Crippen LogP contribution in [-0.2, 0) is 4.79 Å². The molecule has 1 aliphatic rings. The first-order valence-corrected chi connectivity index (χ1v) is 7.91. The van der Waals surface area contributed by atoms with Gasteiger partial charge in [-0.3, -0.25) is 4.79 Å². The number of carbonyl (C=O) groups excluding carboxylic acids is 1. The molecule has 1 aromatic rings. The van der Waals surface area contributed by atoms with Crippen LogP contribution >= 0.6 is 35.6 Å². The van der Waals surface area contributed by atoms with Gasteiger partial charge in [-0.25, -0.2) is 4.99 Å². The molecule has 24 heavy (non-hydrogen) atoms. The Balaban J connectivity index is 0.00000288. The molecule has 0 radical (unpaired) electrons. The number of hydrogen-bond acceptors (Lipinski definition) is 3. The minimum Gasteiger partial charge on any atom is -0.370 e. The Morgan fingerprint density at radius 3 is 2.50 bits per heavy atom. The number of amides is 1. The van der Waals surface area contributed by atoms with Crippen molar-refractivity contribution in [1.29, 1.82) is 0 Å². The largest absolute Gasteiger partial charge is 0.370 e. The van der Waals surface area contributed by atoms with Crippen LogP contribution in [0.25, 0.3) is 0 Å². The Morgan fingerprint density at radius 2 is 1.92 bits per heavy atom. The highest BCUT2D eigenvalue weighted by Gasteiger charge is 2.20. The molecule has 6 nitrogen and oxygen atoms in total. The van der Waals surface area contributed by atoms with Gasteiger partial charge in [0.15, 0.2) is 5.96 Å². The lowest BCUT2D eigenvalue weighted by Gasteiger charge is -2.36. The molecule has 3 N–H and O–H groups in total. The number of halogens is 2. The second-order valence-electron chi connectivity index (χ2n) is 5.22. The van der Waals surface area contributed by atoms with E-state index in [2.05, 4.69) is 21.8 Å². The number of hydrogen-bond donors (Lipinski definition) is 2.